The molecule has 6 heteroatoms. The highest BCUT2D eigenvalue weighted by atomic mass is 32.2. The summed E-state index contributed by atoms with van der Waals surface area (Å²) in [6, 6.07) is 6.26. The fraction of sp³-hybridized carbons (Fsp3) is 0.308. The average molecular weight is 278 g/mol. The van der Waals surface area contributed by atoms with Crippen LogP contribution in [0.5, 0.6) is 0 Å². The summed E-state index contributed by atoms with van der Waals surface area (Å²) in [5.74, 6) is 2.36. The molecule has 1 aromatic carbocycles. The minimum atomic E-state index is -3.52. The number of sulfonamides is 1. The minimum Gasteiger partial charge on any atom is -0.311 e. The first kappa shape index (κ1) is 13.6. The Kier molecular flexibility index (Phi) is 3.60. The Morgan fingerprint density at radius 3 is 2.79 bits per heavy atom. The van der Waals surface area contributed by atoms with Crippen LogP contribution in [0.1, 0.15) is 6.42 Å². The van der Waals surface area contributed by atoms with E-state index in [1.807, 2.05) is 0 Å². The van der Waals surface area contributed by atoms with E-state index in [2.05, 4.69) is 10.6 Å². The Labute approximate surface area is 112 Å². The van der Waals surface area contributed by atoms with Crippen LogP contribution in [0.4, 0.5) is 5.69 Å². The Hall–Kier alpha value is -1.84. The van der Waals surface area contributed by atoms with Crippen molar-refractivity contribution < 1.29 is 13.2 Å². The first-order valence-electron chi connectivity index (χ1n) is 5.78. The summed E-state index contributed by atoms with van der Waals surface area (Å²) in [6.45, 7) is 0.429. The topological polar surface area (TPSA) is 66.5 Å². The van der Waals surface area contributed by atoms with Crippen LogP contribution in [0.25, 0.3) is 0 Å². The molecular formula is C13H14N2O3S. The highest BCUT2D eigenvalue weighted by Crippen LogP contribution is 2.26. The van der Waals surface area contributed by atoms with Crippen molar-refractivity contribution in [2.45, 2.75) is 11.3 Å². The molecule has 100 valence electrons. The van der Waals surface area contributed by atoms with Crippen molar-refractivity contribution in [1.82, 2.24) is 4.72 Å². The van der Waals surface area contributed by atoms with Crippen molar-refractivity contribution in [2.24, 2.45) is 5.92 Å². The van der Waals surface area contributed by atoms with Crippen LogP contribution in [0, 0.1) is 18.3 Å². The van der Waals surface area contributed by atoms with Gasteiger partial charge in [0.25, 0.3) is 0 Å². The third-order valence-corrected chi connectivity index (χ3v) is 4.48. The van der Waals surface area contributed by atoms with Crippen LogP contribution in [0.3, 0.4) is 0 Å². The zero-order chi connectivity index (χ0) is 14.0. The zero-order valence-electron chi connectivity index (χ0n) is 10.5. The predicted octanol–water partition coefficient (Wildman–Crippen LogP) is 0.581. The number of terminal acetylenes is 1. The molecule has 19 heavy (non-hydrogen) atoms. The molecule has 2 rings (SSSR count). The molecule has 0 bridgehead atoms. The second kappa shape index (κ2) is 5.03. The number of anilines is 1. The van der Waals surface area contributed by atoms with Crippen molar-refractivity contribution in [1.29, 1.82) is 0 Å². The highest BCUT2D eigenvalue weighted by Gasteiger charge is 2.29. The maximum absolute atomic E-state index is 11.8. The van der Waals surface area contributed by atoms with Crippen LogP contribution < -0.4 is 9.62 Å². The number of benzene rings is 1. The SMILES string of the molecule is C#CC1CC(=O)N(c2cccc(S(=O)(=O)NC)c2)C1. The van der Waals surface area contributed by atoms with Gasteiger partial charge in [-0.3, -0.25) is 4.79 Å². The molecule has 1 N–H and O–H groups in total. The van der Waals surface area contributed by atoms with Gasteiger partial charge in [0.2, 0.25) is 15.9 Å². The molecule has 1 aliphatic heterocycles. The van der Waals surface area contributed by atoms with E-state index in [4.69, 9.17) is 6.42 Å². The second-order valence-corrected chi connectivity index (χ2v) is 6.16. The molecule has 1 amide bonds. The van der Waals surface area contributed by atoms with Crippen LogP contribution in [-0.4, -0.2) is 27.9 Å². The van der Waals surface area contributed by atoms with Gasteiger partial charge in [0.15, 0.2) is 0 Å². The standard InChI is InChI=1S/C13H14N2O3S/c1-3-10-7-13(16)15(9-10)11-5-4-6-12(8-11)19(17,18)14-2/h1,4-6,8,10,14H,7,9H2,2H3. The van der Waals surface area contributed by atoms with Crippen molar-refractivity contribution in [3.8, 4) is 12.3 Å². The molecule has 1 fully saturated rings. The molecule has 0 radical (unpaired) electrons. The van der Waals surface area contributed by atoms with Crippen molar-refractivity contribution in [3.05, 3.63) is 24.3 Å². The third-order valence-electron chi connectivity index (χ3n) is 3.07. The summed E-state index contributed by atoms with van der Waals surface area (Å²) in [5.41, 5.74) is 0.555. The van der Waals surface area contributed by atoms with Gasteiger partial charge in [-0.2, -0.15) is 0 Å². The lowest BCUT2D eigenvalue weighted by Crippen LogP contribution is -2.25. The van der Waals surface area contributed by atoms with Crippen molar-refractivity contribution >= 4 is 21.6 Å². The first-order valence-corrected chi connectivity index (χ1v) is 7.26. The summed E-state index contributed by atoms with van der Waals surface area (Å²) in [5, 5.41) is 0. The molecule has 1 saturated heterocycles. The average Bonchev–Trinajstić information content (AvgIpc) is 2.80. The van der Waals surface area contributed by atoms with Gasteiger partial charge in [-0.15, -0.1) is 12.3 Å². The fourth-order valence-corrected chi connectivity index (χ4v) is 2.77. The predicted molar refractivity (Wildman–Crippen MR) is 72.0 cm³/mol. The maximum Gasteiger partial charge on any atom is 0.240 e. The molecule has 5 nitrogen and oxygen atoms in total. The Morgan fingerprint density at radius 2 is 2.21 bits per heavy atom. The van der Waals surface area contributed by atoms with E-state index in [0.29, 0.717) is 18.7 Å². The van der Waals surface area contributed by atoms with Crippen LogP contribution in [0.15, 0.2) is 29.2 Å². The van der Waals surface area contributed by atoms with E-state index < -0.39 is 10.0 Å². The van der Waals surface area contributed by atoms with E-state index in [-0.39, 0.29) is 16.7 Å². The summed E-state index contributed by atoms with van der Waals surface area (Å²) in [4.78, 5) is 13.5. The number of carbonyl (C=O) groups excluding carboxylic acids is 1. The fourth-order valence-electron chi connectivity index (χ4n) is 2.01. The monoisotopic (exact) mass is 278 g/mol. The summed E-state index contributed by atoms with van der Waals surface area (Å²) >= 11 is 0. The van der Waals surface area contributed by atoms with Gasteiger partial charge in [-0.25, -0.2) is 13.1 Å². The zero-order valence-corrected chi connectivity index (χ0v) is 11.3. The summed E-state index contributed by atoms with van der Waals surface area (Å²) < 4.78 is 25.7. The lowest BCUT2D eigenvalue weighted by molar-refractivity contribution is -0.117. The molecule has 1 aliphatic rings. The number of hydrogen-bond donors (Lipinski definition) is 1. The van der Waals surface area contributed by atoms with Crippen LogP contribution >= 0.6 is 0 Å². The number of amides is 1. The van der Waals surface area contributed by atoms with E-state index >= 15 is 0 Å². The summed E-state index contributed by atoms with van der Waals surface area (Å²) in [7, 11) is -2.17. The molecule has 0 aromatic heterocycles. The van der Waals surface area contributed by atoms with Gasteiger partial charge in [0.1, 0.15) is 0 Å². The van der Waals surface area contributed by atoms with E-state index in [1.165, 1.54) is 24.1 Å². The molecule has 1 heterocycles. The van der Waals surface area contributed by atoms with Gasteiger partial charge < -0.3 is 4.90 Å². The van der Waals surface area contributed by atoms with E-state index in [0.717, 1.165) is 0 Å². The number of nitrogens with one attached hydrogen (secondary N) is 1. The number of hydrogen-bond acceptors (Lipinski definition) is 3. The summed E-state index contributed by atoms with van der Waals surface area (Å²) in [6.07, 6.45) is 5.63. The van der Waals surface area contributed by atoms with Crippen molar-refractivity contribution in [3.63, 3.8) is 0 Å². The molecular weight excluding hydrogens is 264 g/mol. The first-order chi connectivity index (χ1) is 8.97. The van der Waals surface area contributed by atoms with Gasteiger partial charge in [0, 0.05) is 24.6 Å². The van der Waals surface area contributed by atoms with E-state index in [9.17, 15) is 13.2 Å². The Balaban J connectivity index is 2.36. The van der Waals surface area contributed by atoms with Crippen molar-refractivity contribution in [2.75, 3.05) is 18.5 Å². The second-order valence-electron chi connectivity index (χ2n) is 4.28. The molecule has 1 atom stereocenters. The van der Waals surface area contributed by atoms with Gasteiger partial charge >= 0.3 is 0 Å². The minimum absolute atomic E-state index is 0.0815. The van der Waals surface area contributed by atoms with Gasteiger partial charge in [-0.05, 0) is 25.2 Å². The third kappa shape index (κ3) is 2.62. The molecule has 0 spiro atoms. The molecule has 0 aliphatic carbocycles. The molecule has 1 aromatic rings. The van der Waals surface area contributed by atoms with E-state index in [1.54, 1.807) is 12.1 Å². The van der Waals surface area contributed by atoms with Gasteiger partial charge in [-0.1, -0.05) is 6.07 Å². The Morgan fingerprint density at radius 1 is 1.47 bits per heavy atom. The number of nitrogens with zero attached hydrogens (tertiary/aromatic N) is 1. The maximum atomic E-state index is 11.8. The quantitative estimate of drug-likeness (QED) is 0.823. The number of carbonyl (C=O) groups is 1. The smallest absolute Gasteiger partial charge is 0.240 e. The largest absolute Gasteiger partial charge is 0.311 e. The lowest BCUT2D eigenvalue weighted by Gasteiger charge is -2.16. The molecule has 0 saturated carbocycles. The number of rotatable bonds is 3. The van der Waals surface area contributed by atoms with Gasteiger partial charge in [0.05, 0.1) is 4.90 Å². The lowest BCUT2D eigenvalue weighted by atomic mass is 10.1. The normalized spacial score (nSPS) is 19.5. The highest BCUT2D eigenvalue weighted by molar-refractivity contribution is 7.89. The Bertz CT molecular complexity index is 646. The van der Waals surface area contributed by atoms with Crippen LogP contribution in [-0.2, 0) is 14.8 Å². The molecule has 1 unspecified atom stereocenters. The van der Waals surface area contributed by atoms with Crippen LogP contribution in [0.2, 0.25) is 0 Å².